The molecule has 1 aromatic carbocycles. The average Bonchev–Trinajstić information content (AvgIpc) is 2.73. The summed E-state index contributed by atoms with van der Waals surface area (Å²) in [6, 6.07) is 4.23. The second kappa shape index (κ2) is 5.21. The van der Waals surface area contributed by atoms with E-state index in [4.69, 9.17) is 5.11 Å². The normalized spacial score (nSPS) is 11.4. The Labute approximate surface area is 122 Å². The third-order valence-corrected chi connectivity index (χ3v) is 4.60. The number of anilines is 1. The van der Waals surface area contributed by atoms with Gasteiger partial charge in [0.2, 0.25) is 0 Å². The number of hydrogen-bond acceptors (Lipinski definition) is 4. The molecule has 2 aromatic rings. The summed E-state index contributed by atoms with van der Waals surface area (Å²) in [4.78, 5) is 11.1. The number of carboxylic acids is 1. The van der Waals surface area contributed by atoms with E-state index in [1.165, 1.54) is 23.0 Å². The van der Waals surface area contributed by atoms with E-state index < -0.39 is 16.0 Å². The summed E-state index contributed by atoms with van der Waals surface area (Å²) < 4.78 is 28.6. The van der Waals surface area contributed by atoms with Gasteiger partial charge < -0.3 is 5.11 Å². The zero-order valence-electron chi connectivity index (χ0n) is 11.8. The monoisotopic (exact) mass is 309 g/mol. The Morgan fingerprint density at radius 2 is 1.95 bits per heavy atom. The highest BCUT2D eigenvalue weighted by Gasteiger charge is 2.21. The maximum Gasteiger partial charge on any atom is 0.335 e. The van der Waals surface area contributed by atoms with E-state index in [0.717, 1.165) is 0 Å². The Hall–Kier alpha value is -2.35. The third-order valence-electron chi connectivity index (χ3n) is 3.10. The molecule has 0 bridgehead atoms. The second-order valence-electron chi connectivity index (χ2n) is 4.68. The Morgan fingerprint density at radius 1 is 1.29 bits per heavy atom. The van der Waals surface area contributed by atoms with Crippen molar-refractivity contribution in [3.8, 4) is 0 Å². The van der Waals surface area contributed by atoms with Gasteiger partial charge >= 0.3 is 5.97 Å². The SMILES string of the molecule is Cc1cc(C)c(S(=O)(=O)Nc2ccnn2C)cc1C(=O)O. The molecule has 0 aliphatic heterocycles. The molecule has 2 N–H and O–H groups in total. The number of aromatic carboxylic acids is 1. The molecule has 0 amide bonds. The van der Waals surface area contributed by atoms with Crippen molar-refractivity contribution in [3.63, 3.8) is 0 Å². The molecule has 1 heterocycles. The van der Waals surface area contributed by atoms with Crippen LogP contribution < -0.4 is 4.72 Å². The van der Waals surface area contributed by atoms with Crippen LogP contribution >= 0.6 is 0 Å². The molecule has 0 saturated heterocycles. The lowest BCUT2D eigenvalue weighted by Gasteiger charge is -2.12. The topological polar surface area (TPSA) is 101 Å². The van der Waals surface area contributed by atoms with Crippen LogP contribution in [0.3, 0.4) is 0 Å². The van der Waals surface area contributed by atoms with E-state index in [1.807, 2.05) is 0 Å². The quantitative estimate of drug-likeness (QED) is 0.892. The standard InChI is InChI=1S/C13H15N3O4S/c1-8-6-9(2)11(7-10(8)13(17)18)21(19,20)15-12-4-5-14-16(12)3/h4-7,15H,1-3H3,(H,17,18). The first-order chi connectivity index (χ1) is 9.72. The molecule has 0 unspecified atom stereocenters. The van der Waals surface area contributed by atoms with Crippen LogP contribution in [-0.4, -0.2) is 29.3 Å². The summed E-state index contributed by atoms with van der Waals surface area (Å²) in [5, 5.41) is 13.0. The molecule has 1 aromatic heterocycles. The zero-order chi connectivity index (χ0) is 15.8. The van der Waals surface area contributed by atoms with Crippen molar-refractivity contribution in [1.29, 1.82) is 0 Å². The van der Waals surface area contributed by atoms with Crippen LogP contribution in [0.4, 0.5) is 5.82 Å². The van der Waals surface area contributed by atoms with Crippen molar-refractivity contribution in [2.75, 3.05) is 4.72 Å². The average molecular weight is 309 g/mol. The third kappa shape index (κ3) is 2.89. The Balaban J connectivity index is 2.52. The van der Waals surface area contributed by atoms with Crippen molar-refractivity contribution in [1.82, 2.24) is 9.78 Å². The maximum atomic E-state index is 12.4. The summed E-state index contributed by atoms with van der Waals surface area (Å²) in [7, 11) is -2.28. The number of aryl methyl sites for hydroxylation is 3. The largest absolute Gasteiger partial charge is 0.478 e. The van der Waals surface area contributed by atoms with Crippen molar-refractivity contribution in [3.05, 3.63) is 41.1 Å². The molecule has 0 aliphatic rings. The first kappa shape index (κ1) is 15.0. The number of benzene rings is 1. The lowest BCUT2D eigenvalue weighted by Crippen LogP contribution is -2.17. The van der Waals surface area contributed by atoms with Gasteiger partial charge in [-0.25, -0.2) is 13.2 Å². The molecule has 21 heavy (non-hydrogen) atoms. The molecular weight excluding hydrogens is 294 g/mol. The smallest absolute Gasteiger partial charge is 0.335 e. The molecule has 7 nitrogen and oxygen atoms in total. The minimum Gasteiger partial charge on any atom is -0.478 e. The van der Waals surface area contributed by atoms with Crippen LogP contribution in [0.2, 0.25) is 0 Å². The Morgan fingerprint density at radius 3 is 2.48 bits per heavy atom. The predicted molar refractivity (Wildman–Crippen MR) is 76.9 cm³/mol. The summed E-state index contributed by atoms with van der Waals surface area (Å²) in [6.07, 6.45) is 1.46. The first-order valence-corrected chi connectivity index (χ1v) is 7.56. The minimum absolute atomic E-state index is 0.0361. The molecular formula is C13H15N3O4S. The molecule has 8 heteroatoms. The molecule has 0 atom stereocenters. The molecule has 0 radical (unpaired) electrons. The van der Waals surface area contributed by atoms with E-state index in [-0.39, 0.29) is 10.5 Å². The number of carboxylic acid groups (broad SMARTS) is 1. The summed E-state index contributed by atoms with van der Waals surface area (Å²) in [5.41, 5.74) is 0.956. The molecule has 112 valence electrons. The van der Waals surface area contributed by atoms with Crippen molar-refractivity contribution < 1.29 is 18.3 Å². The molecule has 0 fully saturated rings. The van der Waals surface area contributed by atoms with Crippen LogP contribution in [0.5, 0.6) is 0 Å². The zero-order valence-corrected chi connectivity index (χ0v) is 12.6. The highest BCUT2D eigenvalue weighted by atomic mass is 32.2. The van der Waals surface area contributed by atoms with Gasteiger partial charge in [0.25, 0.3) is 10.0 Å². The van der Waals surface area contributed by atoms with Gasteiger partial charge in [0.1, 0.15) is 5.82 Å². The molecule has 2 rings (SSSR count). The number of nitrogens with one attached hydrogen (secondary N) is 1. The van der Waals surface area contributed by atoms with Gasteiger partial charge in [0.15, 0.2) is 0 Å². The molecule has 0 aliphatic carbocycles. The van der Waals surface area contributed by atoms with Crippen molar-refractivity contribution >= 4 is 21.8 Å². The van der Waals surface area contributed by atoms with Crippen LogP contribution in [0.15, 0.2) is 29.3 Å². The van der Waals surface area contributed by atoms with Crippen LogP contribution in [0.1, 0.15) is 21.5 Å². The number of rotatable bonds is 4. The van der Waals surface area contributed by atoms with Crippen molar-refractivity contribution in [2.24, 2.45) is 7.05 Å². The fourth-order valence-electron chi connectivity index (χ4n) is 2.02. The van der Waals surface area contributed by atoms with Gasteiger partial charge in [-0.1, -0.05) is 6.07 Å². The van der Waals surface area contributed by atoms with Crippen molar-refractivity contribution in [2.45, 2.75) is 18.7 Å². The van der Waals surface area contributed by atoms with Crippen LogP contribution in [0, 0.1) is 13.8 Å². The van der Waals surface area contributed by atoms with Gasteiger partial charge in [-0.2, -0.15) is 5.10 Å². The fourth-order valence-corrected chi connectivity index (χ4v) is 3.36. The van der Waals surface area contributed by atoms with Crippen LogP contribution in [0.25, 0.3) is 0 Å². The highest BCUT2D eigenvalue weighted by molar-refractivity contribution is 7.92. The molecule has 0 saturated carbocycles. The number of carbonyl (C=O) groups is 1. The number of hydrogen-bond donors (Lipinski definition) is 2. The summed E-state index contributed by atoms with van der Waals surface area (Å²) in [5.74, 6) is -0.865. The van der Waals surface area contributed by atoms with Crippen LogP contribution in [-0.2, 0) is 17.1 Å². The van der Waals surface area contributed by atoms with Gasteiger partial charge in [-0.05, 0) is 31.0 Å². The summed E-state index contributed by atoms with van der Waals surface area (Å²) in [6.45, 7) is 3.25. The van der Waals surface area contributed by atoms with E-state index >= 15 is 0 Å². The van der Waals surface area contributed by atoms with E-state index in [1.54, 1.807) is 27.0 Å². The first-order valence-electron chi connectivity index (χ1n) is 6.08. The second-order valence-corrected chi connectivity index (χ2v) is 6.33. The van der Waals surface area contributed by atoms with E-state index in [2.05, 4.69) is 9.82 Å². The maximum absolute atomic E-state index is 12.4. The number of aromatic nitrogens is 2. The summed E-state index contributed by atoms with van der Waals surface area (Å²) >= 11 is 0. The minimum atomic E-state index is -3.88. The van der Waals surface area contributed by atoms with E-state index in [0.29, 0.717) is 16.9 Å². The predicted octanol–water partition coefficient (Wildman–Crippen LogP) is 1.54. The lowest BCUT2D eigenvalue weighted by atomic mass is 10.1. The van der Waals surface area contributed by atoms with E-state index in [9.17, 15) is 13.2 Å². The van der Waals surface area contributed by atoms with Gasteiger partial charge in [0, 0.05) is 13.1 Å². The van der Waals surface area contributed by atoms with Gasteiger partial charge in [-0.15, -0.1) is 0 Å². The van der Waals surface area contributed by atoms with Gasteiger partial charge in [0.05, 0.1) is 16.7 Å². The fraction of sp³-hybridized carbons (Fsp3) is 0.231. The van der Waals surface area contributed by atoms with Gasteiger partial charge in [-0.3, -0.25) is 9.40 Å². The lowest BCUT2D eigenvalue weighted by molar-refractivity contribution is 0.0696. The number of sulfonamides is 1. The number of nitrogens with zero attached hydrogens (tertiary/aromatic N) is 2. The Bertz CT molecular complexity index is 809. The molecule has 0 spiro atoms. The highest BCUT2D eigenvalue weighted by Crippen LogP contribution is 2.23. The Kier molecular flexibility index (Phi) is 3.73.